The van der Waals surface area contributed by atoms with Crippen molar-refractivity contribution in [2.45, 2.75) is 68.8 Å². The SMILES string of the molecule is Cn1c(=O)n(C2CCC(=O)NC2=O)c2cccc(N3CCN(C(=O)CC4(O)CCC(n5cc6cc(NC(=O)c7cccc(C(F)(F)F)n7)ncc6n5)CC4)CC3)c21. The monoisotopic (exact) mass is 788 g/mol. The third-order valence-electron chi connectivity index (χ3n) is 11.2. The quantitative estimate of drug-likeness (QED) is 0.207. The second-order valence-corrected chi connectivity index (χ2v) is 14.9. The highest BCUT2D eigenvalue weighted by atomic mass is 19.4. The predicted octanol–water partition coefficient (Wildman–Crippen LogP) is 3.31. The third-order valence-corrected chi connectivity index (χ3v) is 11.2. The number of aliphatic hydroxyl groups is 1. The first-order chi connectivity index (χ1) is 27.2. The fourth-order valence-corrected chi connectivity index (χ4v) is 8.18. The zero-order chi connectivity index (χ0) is 40.2. The lowest BCUT2D eigenvalue weighted by Crippen LogP contribution is -2.51. The third kappa shape index (κ3) is 7.34. The number of piperidine rings is 1. The second-order valence-electron chi connectivity index (χ2n) is 14.9. The number of piperazine rings is 1. The first-order valence-corrected chi connectivity index (χ1v) is 18.7. The molecule has 19 heteroatoms. The molecule has 3 N–H and O–H groups in total. The number of anilines is 2. The topological polar surface area (TPSA) is 190 Å². The number of benzene rings is 1. The van der Waals surface area contributed by atoms with E-state index in [0.717, 1.165) is 17.8 Å². The number of amides is 4. The van der Waals surface area contributed by atoms with Crippen molar-refractivity contribution < 1.29 is 37.5 Å². The Labute approximate surface area is 322 Å². The zero-order valence-corrected chi connectivity index (χ0v) is 30.8. The summed E-state index contributed by atoms with van der Waals surface area (Å²) in [5.41, 5.74) is -0.506. The molecule has 1 saturated carbocycles. The van der Waals surface area contributed by atoms with E-state index in [1.54, 1.807) is 35.0 Å². The number of carbonyl (C=O) groups is 4. The molecule has 0 radical (unpaired) electrons. The normalized spacial score (nSPS) is 21.9. The van der Waals surface area contributed by atoms with Crippen molar-refractivity contribution in [2.24, 2.45) is 7.05 Å². The maximum Gasteiger partial charge on any atom is 0.433 e. The lowest BCUT2D eigenvalue weighted by molar-refractivity contribution is -0.141. The number of aromatic nitrogens is 6. The number of nitrogens with zero attached hydrogens (tertiary/aromatic N) is 8. The lowest BCUT2D eigenvalue weighted by atomic mass is 9.80. The van der Waals surface area contributed by atoms with Crippen LogP contribution in [0.4, 0.5) is 24.7 Å². The number of nitrogens with one attached hydrogen (secondary N) is 2. The maximum absolute atomic E-state index is 13.5. The highest BCUT2D eigenvalue weighted by Gasteiger charge is 2.38. The number of imidazole rings is 1. The van der Waals surface area contributed by atoms with Gasteiger partial charge in [-0.1, -0.05) is 12.1 Å². The van der Waals surface area contributed by atoms with Gasteiger partial charge in [-0.15, -0.1) is 0 Å². The van der Waals surface area contributed by atoms with Gasteiger partial charge in [-0.05, 0) is 62.4 Å². The van der Waals surface area contributed by atoms with Gasteiger partial charge in [-0.3, -0.25) is 38.3 Å². The van der Waals surface area contributed by atoms with Crippen molar-refractivity contribution in [2.75, 3.05) is 36.4 Å². The molecule has 1 aromatic carbocycles. The van der Waals surface area contributed by atoms with Crippen LogP contribution in [-0.2, 0) is 27.6 Å². The molecule has 3 aliphatic rings. The summed E-state index contributed by atoms with van der Waals surface area (Å²) in [6.07, 6.45) is 0.795. The van der Waals surface area contributed by atoms with Crippen molar-refractivity contribution in [3.63, 3.8) is 0 Å². The number of rotatable bonds is 7. The van der Waals surface area contributed by atoms with Crippen molar-refractivity contribution >= 4 is 57.1 Å². The Morgan fingerprint density at radius 3 is 2.47 bits per heavy atom. The Balaban J connectivity index is 0.865. The van der Waals surface area contributed by atoms with Gasteiger partial charge < -0.3 is 20.2 Å². The molecular weight excluding hydrogens is 749 g/mol. The molecule has 16 nitrogen and oxygen atoms in total. The molecule has 2 saturated heterocycles. The number of para-hydroxylation sites is 1. The predicted molar refractivity (Wildman–Crippen MR) is 199 cm³/mol. The Morgan fingerprint density at radius 2 is 1.75 bits per heavy atom. The van der Waals surface area contributed by atoms with Crippen LogP contribution in [0, 0.1) is 0 Å². The van der Waals surface area contributed by atoms with Gasteiger partial charge in [0, 0.05) is 51.2 Å². The number of hydrogen-bond acceptors (Lipinski definition) is 10. The summed E-state index contributed by atoms with van der Waals surface area (Å²) in [6, 6.07) is 9.32. The van der Waals surface area contributed by atoms with Crippen LogP contribution in [0.25, 0.3) is 21.9 Å². The smallest absolute Gasteiger partial charge is 0.389 e. The first kappa shape index (κ1) is 37.8. The molecule has 8 rings (SSSR count). The molecule has 57 heavy (non-hydrogen) atoms. The second kappa shape index (κ2) is 14.4. The van der Waals surface area contributed by atoms with E-state index in [2.05, 4.69) is 30.6 Å². The molecule has 1 aliphatic carbocycles. The molecule has 1 atom stereocenters. The summed E-state index contributed by atoms with van der Waals surface area (Å²) >= 11 is 0. The van der Waals surface area contributed by atoms with E-state index in [4.69, 9.17) is 0 Å². The summed E-state index contributed by atoms with van der Waals surface area (Å²) in [5.74, 6) is -1.72. The number of fused-ring (bicyclic) bond motifs is 2. The number of aryl methyl sites for hydroxylation is 1. The van der Waals surface area contributed by atoms with Gasteiger partial charge in [0.15, 0.2) is 0 Å². The van der Waals surface area contributed by atoms with E-state index in [-0.39, 0.29) is 48.6 Å². The van der Waals surface area contributed by atoms with E-state index >= 15 is 0 Å². The standard InChI is InChI=1S/C38H39F3N10O6/c1-47-33-26(5-3-6-27(33)51(36(47)56)28-8-9-31(52)45-35(28)55)48-14-16-49(17-15-48)32(53)19-37(57)12-10-23(11-13-37)50-21-22-18-30(42-20-25(22)46-50)44-34(54)24-4-2-7-29(43-24)38(39,40)41/h2-7,18,20-21,23,28,57H,8-17,19H2,1H3,(H,44,54)(H,45,52,55). The van der Waals surface area contributed by atoms with E-state index in [0.29, 0.717) is 73.8 Å². The molecule has 0 bridgehead atoms. The molecule has 4 aromatic heterocycles. The van der Waals surface area contributed by atoms with Gasteiger partial charge >= 0.3 is 11.9 Å². The van der Waals surface area contributed by atoms with E-state index in [9.17, 15) is 42.3 Å². The summed E-state index contributed by atoms with van der Waals surface area (Å²) in [7, 11) is 1.66. The molecular formula is C38H39F3N10O6. The van der Waals surface area contributed by atoms with E-state index in [1.165, 1.54) is 21.4 Å². The van der Waals surface area contributed by atoms with Gasteiger partial charge in [-0.25, -0.2) is 14.8 Å². The highest BCUT2D eigenvalue weighted by Crippen LogP contribution is 2.38. The van der Waals surface area contributed by atoms with Crippen LogP contribution in [0.1, 0.15) is 73.2 Å². The lowest BCUT2D eigenvalue weighted by Gasteiger charge is -2.40. The van der Waals surface area contributed by atoms with Crippen LogP contribution in [-0.4, -0.2) is 94.3 Å². The Kier molecular flexibility index (Phi) is 9.57. The summed E-state index contributed by atoms with van der Waals surface area (Å²) in [6.45, 7) is 1.84. The van der Waals surface area contributed by atoms with Crippen molar-refractivity contribution in [3.05, 3.63) is 76.7 Å². The maximum atomic E-state index is 13.5. The van der Waals surface area contributed by atoms with Gasteiger partial charge in [0.1, 0.15) is 28.8 Å². The van der Waals surface area contributed by atoms with Crippen molar-refractivity contribution in [3.8, 4) is 0 Å². The summed E-state index contributed by atoms with van der Waals surface area (Å²) in [4.78, 5) is 75.4. The van der Waals surface area contributed by atoms with Crippen LogP contribution in [0.3, 0.4) is 0 Å². The first-order valence-electron chi connectivity index (χ1n) is 18.7. The van der Waals surface area contributed by atoms with Gasteiger partial charge in [-0.2, -0.15) is 18.3 Å². The molecule has 2 aliphatic heterocycles. The van der Waals surface area contributed by atoms with Crippen molar-refractivity contribution in [1.29, 1.82) is 0 Å². The van der Waals surface area contributed by atoms with Crippen LogP contribution < -0.4 is 21.2 Å². The molecule has 5 aromatic rings. The summed E-state index contributed by atoms with van der Waals surface area (Å²) < 4.78 is 43.9. The number of imide groups is 1. The van der Waals surface area contributed by atoms with Crippen molar-refractivity contribution in [1.82, 2.24) is 39.1 Å². The average molecular weight is 789 g/mol. The fourth-order valence-electron chi connectivity index (χ4n) is 8.18. The number of alkyl halides is 3. The van der Waals surface area contributed by atoms with Crippen LogP contribution in [0.15, 0.2) is 59.7 Å². The minimum absolute atomic E-state index is 0.0204. The highest BCUT2D eigenvalue weighted by molar-refractivity contribution is 6.03. The minimum Gasteiger partial charge on any atom is -0.389 e. The summed E-state index contributed by atoms with van der Waals surface area (Å²) in [5, 5.41) is 21.6. The van der Waals surface area contributed by atoms with Crippen LogP contribution in [0.2, 0.25) is 0 Å². The number of halogens is 3. The van der Waals surface area contributed by atoms with Crippen LogP contribution >= 0.6 is 0 Å². The molecule has 298 valence electrons. The minimum atomic E-state index is -4.69. The number of pyridine rings is 2. The number of hydrogen-bond donors (Lipinski definition) is 3. The largest absolute Gasteiger partial charge is 0.433 e. The molecule has 0 spiro atoms. The van der Waals surface area contributed by atoms with Crippen LogP contribution in [0.5, 0.6) is 0 Å². The fraction of sp³-hybridized carbons (Fsp3) is 0.421. The Bertz CT molecular complexity index is 2480. The van der Waals surface area contributed by atoms with Gasteiger partial charge in [0.05, 0.1) is 41.0 Å². The molecule has 4 amide bonds. The van der Waals surface area contributed by atoms with Gasteiger partial charge in [0.2, 0.25) is 17.7 Å². The Hall–Kier alpha value is -6.11. The average Bonchev–Trinajstić information content (AvgIpc) is 3.72. The van der Waals surface area contributed by atoms with E-state index < -0.39 is 41.0 Å². The Morgan fingerprint density at radius 1 is 1.02 bits per heavy atom. The molecule has 6 heterocycles. The van der Waals surface area contributed by atoms with Gasteiger partial charge in [0.25, 0.3) is 5.91 Å². The molecule has 1 unspecified atom stereocenters. The molecule has 3 fully saturated rings. The zero-order valence-electron chi connectivity index (χ0n) is 30.8. The number of carbonyl (C=O) groups excluding carboxylic acids is 4. The van der Waals surface area contributed by atoms with E-state index in [1.807, 2.05) is 12.1 Å².